The van der Waals surface area contributed by atoms with Gasteiger partial charge in [-0.05, 0) is 31.3 Å². The van der Waals surface area contributed by atoms with Crippen LogP contribution in [0.4, 0.5) is 19.0 Å². The van der Waals surface area contributed by atoms with Gasteiger partial charge in [-0.3, -0.25) is 0 Å². The number of alkyl halides is 2. The van der Waals surface area contributed by atoms with Gasteiger partial charge in [-0.15, -0.1) is 0 Å². The molecule has 1 aliphatic rings. The Bertz CT molecular complexity index is 1780. The van der Waals surface area contributed by atoms with E-state index in [1.165, 1.54) is 4.90 Å². The second-order valence-electron chi connectivity index (χ2n) is 11.9. The van der Waals surface area contributed by atoms with Crippen LogP contribution in [0, 0.1) is 5.82 Å². The molecule has 5 rings (SSSR count). The summed E-state index contributed by atoms with van der Waals surface area (Å²) < 4.78 is 81.7. The van der Waals surface area contributed by atoms with Gasteiger partial charge in [0.05, 0.1) is 23.0 Å². The minimum absolute atomic E-state index is 0.0107. The summed E-state index contributed by atoms with van der Waals surface area (Å²) in [5.41, 5.74) is -0.417. The van der Waals surface area contributed by atoms with Crippen molar-refractivity contribution in [1.29, 1.82) is 0 Å². The minimum Gasteiger partial charge on any atom is -0.486 e. The van der Waals surface area contributed by atoms with E-state index in [4.69, 9.17) is 20.8 Å². The van der Waals surface area contributed by atoms with E-state index in [2.05, 4.69) is 70.9 Å². The van der Waals surface area contributed by atoms with Crippen LogP contribution in [0.5, 0.6) is 5.75 Å². The van der Waals surface area contributed by atoms with Gasteiger partial charge in [-0.25, -0.2) is 31.6 Å². The number of rotatable bonds is 8. The molecular formula is C31H32BrClF3N3O4SSi. The third kappa shape index (κ3) is 6.46. The molecule has 0 fully saturated rings. The number of ether oxygens (including phenoxy) is 1. The number of aromatic nitrogens is 2. The molecule has 45 heavy (non-hydrogen) atoms. The lowest BCUT2D eigenvalue weighted by molar-refractivity contribution is 0.114. The monoisotopic (exact) mass is 741 g/mol. The number of nitrogens with zero attached hydrogens (tertiary/aromatic N) is 3. The molecule has 1 aliphatic heterocycles. The van der Waals surface area contributed by atoms with E-state index >= 15 is 4.39 Å². The molecule has 1 atom stereocenters. The molecule has 0 N–H and O–H groups in total. The van der Waals surface area contributed by atoms with Gasteiger partial charge in [0.25, 0.3) is 14.7 Å². The Morgan fingerprint density at radius 3 is 2.18 bits per heavy atom. The first-order valence-corrected chi connectivity index (χ1v) is 19.1. The van der Waals surface area contributed by atoms with Crippen LogP contribution < -0.4 is 20.0 Å². The first-order valence-electron chi connectivity index (χ1n) is 14.2. The predicted molar refractivity (Wildman–Crippen MR) is 176 cm³/mol. The zero-order valence-corrected chi connectivity index (χ0v) is 29.2. The largest absolute Gasteiger partial charge is 0.486 e. The zero-order valence-electron chi connectivity index (χ0n) is 25.0. The van der Waals surface area contributed by atoms with Crippen molar-refractivity contribution in [2.24, 2.45) is 0 Å². The molecule has 240 valence electrons. The summed E-state index contributed by atoms with van der Waals surface area (Å²) >= 11 is 9.77. The number of hydrogen-bond donors (Lipinski definition) is 0. The molecular weight excluding hydrogens is 711 g/mol. The summed E-state index contributed by atoms with van der Waals surface area (Å²) in [5.74, 6) is -1.21. The lowest BCUT2D eigenvalue weighted by Gasteiger charge is -2.44. The fourth-order valence-corrected chi connectivity index (χ4v) is 11.5. The van der Waals surface area contributed by atoms with Gasteiger partial charge < -0.3 is 14.1 Å². The van der Waals surface area contributed by atoms with Gasteiger partial charge in [-0.1, -0.05) is 93.0 Å². The molecule has 0 saturated carbocycles. The van der Waals surface area contributed by atoms with Crippen LogP contribution in [0.3, 0.4) is 0 Å². The molecule has 2 heterocycles. The van der Waals surface area contributed by atoms with E-state index in [1.54, 1.807) is 0 Å². The first kappa shape index (κ1) is 33.6. The Morgan fingerprint density at radius 2 is 1.67 bits per heavy atom. The Kier molecular flexibility index (Phi) is 9.59. The second kappa shape index (κ2) is 12.8. The van der Waals surface area contributed by atoms with E-state index in [1.807, 2.05) is 36.4 Å². The summed E-state index contributed by atoms with van der Waals surface area (Å²) in [5, 5.41) is 0.799. The van der Waals surface area contributed by atoms with Crippen LogP contribution in [-0.2, 0) is 14.3 Å². The lowest BCUT2D eigenvalue weighted by Crippen LogP contribution is -2.67. The first-order chi connectivity index (χ1) is 21.1. The summed E-state index contributed by atoms with van der Waals surface area (Å²) in [6, 6.07) is 20.0. The average Bonchev–Trinajstić information content (AvgIpc) is 2.98. The smallest absolute Gasteiger partial charge is 0.261 e. The molecule has 0 aliphatic carbocycles. The summed E-state index contributed by atoms with van der Waals surface area (Å²) in [4.78, 5) is 9.33. The van der Waals surface area contributed by atoms with E-state index in [0.717, 1.165) is 16.6 Å². The van der Waals surface area contributed by atoms with E-state index in [0.29, 0.717) is 0 Å². The Morgan fingerprint density at radius 1 is 1.09 bits per heavy atom. The number of sulfone groups is 1. The van der Waals surface area contributed by atoms with Crippen molar-refractivity contribution >= 4 is 72.8 Å². The SMILES string of the molecule is CC(C)(C)[Si](OCC1CCN(CC(F)F)c2nc(S(C)(=O)=O)nc3c(F)c(Br)c(Cl)c(c23)O1)(c1ccccc1)c1ccccc1. The molecule has 1 aromatic heterocycles. The molecule has 7 nitrogen and oxygen atoms in total. The standard InChI is InChI=1S/C31H32BrClF3N3O4SSi/c1-31(2,3)45(20-11-7-5-8-12-20,21-13-9-6-10-14-21)42-18-19-15-16-39(17-22(34)35)29-23-27(37-30(38-29)44(4,40)41)26(36)24(32)25(33)28(23)43-19/h5-14,19,22H,15-18H2,1-4H3. The molecule has 1 unspecified atom stereocenters. The van der Waals surface area contributed by atoms with Gasteiger partial charge in [0.1, 0.15) is 22.5 Å². The molecule has 0 saturated heterocycles. The quantitative estimate of drug-likeness (QED) is 0.118. The third-order valence-electron chi connectivity index (χ3n) is 7.79. The van der Waals surface area contributed by atoms with Crippen molar-refractivity contribution in [3.63, 3.8) is 0 Å². The topological polar surface area (TPSA) is 81.6 Å². The highest BCUT2D eigenvalue weighted by molar-refractivity contribution is 9.10. The molecule has 0 bridgehead atoms. The van der Waals surface area contributed by atoms with Crippen molar-refractivity contribution in [1.82, 2.24) is 9.97 Å². The van der Waals surface area contributed by atoms with Crippen molar-refractivity contribution in [2.45, 2.75) is 49.9 Å². The third-order valence-corrected chi connectivity index (χ3v) is 15.0. The Hall–Kier alpha value is -2.71. The number of anilines is 1. The normalized spacial score (nSPS) is 16.0. The van der Waals surface area contributed by atoms with E-state index in [-0.39, 0.29) is 51.1 Å². The fraction of sp³-hybridized carbons (Fsp3) is 0.355. The highest BCUT2D eigenvalue weighted by atomic mass is 79.9. The maximum absolute atomic E-state index is 15.6. The maximum Gasteiger partial charge on any atom is 0.261 e. The molecule has 0 radical (unpaired) electrons. The van der Waals surface area contributed by atoms with Crippen molar-refractivity contribution in [3.8, 4) is 5.75 Å². The van der Waals surface area contributed by atoms with Crippen LogP contribution in [-0.4, -0.2) is 65.2 Å². The highest BCUT2D eigenvalue weighted by Crippen LogP contribution is 2.46. The predicted octanol–water partition coefficient (Wildman–Crippen LogP) is 6.39. The summed E-state index contributed by atoms with van der Waals surface area (Å²) in [7, 11) is -7.05. The highest BCUT2D eigenvalue weighted by Gasteiger charge is 2.50. The molecule has 0 spiro atoms. The van der Waals surface area contributed by atoms with Gasteiger partial charge in [0.2, 0.25) is 15.0 Å². The van der Waals surface area contributed by atoms with Gasteiger partial charge in [0.15, 0.2) is 11.6 Å². The minimum atomic E-state index is -4.04. The number of halogens is 5. The van der Waals surface area contributed by atoms with Crippen LogP contribution in [0.15, 0.2) is 70.3 Å². The Labute approximate surface area is 274 Å². The Balaban J connectivity index is 1.66. The molecule has 3 aromatic carbocycles. The second-order valence-corrected chi connectivity index (χ2v) is 19.3. The van der Waals surface area contributed by atoms with Crippen LogP contribution >= 0.6 is 27.5 Å². The lowest BCUT2D eigenvalue weighted by atomic mass is 10.1. The van der Waals surface area contributed by atoms with E-state index in [9.17, 15) is 17.2 Å². The maximum atomic E-state index is 15.6. The van der Waals surface area contributed by atoms with Crippen molar-refractivity contribution in [2.75, 3.05) is 30.9 Å². The van der Waals surface area contributed by atoms with Crippen molar-refractivity contribution in [3.05, 3.63) is 76.0 Å². The van der Waals surface area contributed by atoms with Crippen LogP contribution in [0.25, 0.3) is 10.9 Å². The molecule has 0 amide bonds. The molecule has 4 aromatic rings. The fourth-order valence-electron chi connectivity index (χ4n) is 5.78. The number of benzene rings is 3. The van der Waals surface area contributed by atoms with E-state index < -0.39 is 53.7 Å². The van der Waals surface area contributed by atoms with Crippen molar-refractivity contribution < 1.29 is 30.8 Å². The zero-order chi connectivity index (χ0) is 32.7. The van der Waals surface area contributed by atoms with Crippen LogP contribution in [0.2, 0.25) is 10.1 Å². The molecule has 14 heteroatoms. The van der Waals surface area contributed by atoms with Gasteiger partial charge in [-0.2, -0.15) is 0 Å². The van der Waals surface area contributed by atoms with Gasteiger partial charge >= 0.3 is 0 Å². The summed E-state index contributed by atoms with van der Waals surface area (Å²) in [6.07, 6.45) is -2.47. The average molecular weight is 743 g/mol. The van der Waals surface area contributed by atoms with Gasteiger partial charge in [0, 0.05) is 19.2 Å². The summed E-state index contributed by atoms with van der Waals surface area (Å²) in [6.45, 7) is 5.66. The van der Waals surface area contributed by atoms with Crippen LogP contribution in [0.1, 0.15) is 27.2 Å². The number of hydrogen-bond acceptors (Lipinski definition) is 7.